The number of carboxylic acids is 1. The maximum atomic E-state index is 12.6. The number of carboxylic acid groups (broad SMARTS) is 1. The lowest BCUT2D eigenvalue weighted by Gasteiger charge is -2.18. The zero-order valence-electron chi connectivity index (χ0n) is 6.46. The fourth-order valence-electron chi connectivity index (χ4n) is 1.25. The molecule has 0 aromatic carbocycles. The van der Waals surface area contributed by atoms with E-state index in [1.54, 1.807) is 11.8 Å². The standard InChI is InChI=1S/C7H12FNO2/c1-5(7(10)11)9-3-2-6(8)4-9/h5-6H,2-4H2,1H3,(H,10,11)/t5-,6+/m0/s1. The summed E-state index contributed by atoms with van der Waals surface area (Å²) in [7, 11) is 0. The number of likely N-dealkylation sites (tertiary alicyclic amines) is 1. The quantitative estimate of drug-likeness (QED) is 0.641. The van der Waals surface area contributed by atoms with E-state index in [0.29, 0.717) is 13.0 Å². The Balaban J connectivity index is 2.43. The number of halogens is 1. The van der Waals surface area contributed by atoms with Gasteiger partial charge in [0.15, 0.2) is 0 Å². The van der Waals surface area contributed by atoms with Crippen LogP contribution in [0, 0.1) is 0 Å². The first-order valence-corrected chi connectivity index (χ1v) is 3.72. The first-order valence-electron chi connectivity index (χ1n) is 3.72. The van der Waals surface area contributed by atoms with Crippen molar-refractivity contribution in [1.82, 2.24) is 4.90 Å². The summed E-state index contributed by atoms with van der Waals surface area (Å²) in [4.78, 5) is 12.1. The molecule has 4 heteroatoms. The normalized spacial score (nSPS) is 28.7. The minimum Gasteiger partial charge on any atom is -0.480 e. The van der Waals surface area contributed by atoms with Crippen LogP contribution in [-0.2, 0) is 4.79 Å². The maximum absolute atomic E-state index is 12.6. The SMILES string of the molecule is C[C@@H](C(=O)O)N1CC[C@@H](F)C1. The van der Waals surface area contributed by atoms with Crippen molar-refractivity contribution >= 4 is 5.97 Å². The van der Waals surface area contributed by atoms with Gasteiger partial charge in [-0.15, -0.1) is 0 Å². The second kappa shape index (κ2) is 3.17. The maximum Gasteiger partial charge on any atom is 0.320 e. The van der Waals surface area contributed by atoms with Gasteiger partial charge in [0.2, 0.25) is 0 Å². The topological polar surface area (TPSA) is 40.5 Å². The van der Waals surface area contributed by atoms with Gasteiger partial charge in [-0.25, -0.2) is 4.39 Å². The van der Waals surface area contributed by atoms with Crippen LogP contribution < -0.4 is 0 Å². The Kier molecular flexibility index (Phi) is 2.44. The highest BCUT2D eigenvalue weighted by Crippen LogP contribution is 2.14. The van der Waals surface area contributed by atoms with Gasteiger partial charge in [0.1, 0.15) is 12.2 Å². The fraction of sp³-hybridized carbons (Fsp3) is 0.857. The Morgan fingerprint density at radius 1 is 1.82 bits per heavy atom. The molecule has 0 aromatic rings. The molecule has 1 heterocycles. The summed E-state index contributed by atoms with van der Waals surface area (Å²) >= 11 is 0. The highest BCUT2D eigenvalue weighted by atomic mass is 19.1. The van der Waals surface area contributed by atoms with E-state index in [2.05, 4.69) is 0 Å². The second-order valence-electron chi connectivity index (χ2n) is 2.90. The Morgan fingerprint density at radius 2 is 2.45 bits per heavy atom. The Morgan fingerprint density at radius 3 is 2.82 bits per heavy atom. The van der Waals surface area contributed by atoms with Crippen molar-refractivity contribution in [3.63, 3.8) is 0 Å². The van der Waals surface area contributed by atoms with Crippen LogP contribution in [-0.4, -0.2) is 41.3 Å². The molecule has 0 aromatic heterocycles. The molecule has 3 nitrogen and oxygen atoms in total. The summed E-state index contributed by atoms with van der Waals surface area (Å²) < 4.78 is 12.6. The van der Waals surface area contributed by atoms with E-state index in [9.17, 15) is 9.18 Å². The van der Waals surface area contributed by atoms with Crippen LogP contribution in [0.5, 0.6) is 0 Å². The van der Waals surface area contributed by atoms with Crippen molar-refractivity contribution in [3.8, 4) is 0 Å². The Hall–Kier alpha value is -0.640. The molecule has 0 radical (unpaired) electrons. The van der Waals surface area contributed by atoms with E-state index >= 15 is 0 Å². The zero-order valence-corrected chi connectivity index (χ0v) is 6.46. The van der Waals surface area contributed by atoms with Gasteiger partial charge in [0.25, 0.3) is 0 Å². The van der Waals surface area contributed by atoms with Crippen molar-refractivity contribution in [2.75, 3.05) is 13.1 Å². The number of hydrogen-bond donors (Lipinski definition) is 1. The van der Waals surface area contributed by atoms with Crippen LogP contribution in [0.25, 0.3) is 0 Å². The molecule has 1 fully saturated rings. The predicted octanol–water partition coefficient (Wildman–Crippen LogP) is 0.503. The number of carbonyl (C=O) groups is 1. The molecule has 0 amide bonds. The molecule has 64 valence electrons. The lowest BCUT2D eigenvalue weighted by Crippen LogP contribution is -2.37. The smallest absolute Gasteiger partial charge is 0.320 e. The molecule has 1 N–H and O–H groups in total. The van der Waals surface area contributed by atoms with Gasteiger partial charge in [-0.05, 0) is 13.3 Å². The highest BCUT2D eigenvalue weighted by molar-refractivity contribution is 5.72. The third-order valence-corrected chi connectivity index (χ3v) is 2.07. The average Bonchev–Trinajstić information content (AvgIpc) is 2.34. The molecule has 1 rings (SSSR count). The summed E-state index contributed by atoms with van der Waals surface area (Å²) in [5.41, 5.74) is 0. The van der Waals surface area contributed by atoms with E-state index in [0.717, 1.165) is 0 Å². The molecule has 0 spiro atoms. The van der Waals surface area contributed by atoms with Gasteiger partial charge in [0.05, 0.1) is 0 Å². The molecule has 0 bridgehead atoms. The van der Waals surface area contributed by atoms with Crippen molar-refractivity contribution in [2.24, 2.45) is 0 Å². The lowest BCUT2D eigenvalue weighted by atomic mass is 10.3. The van der Waals surface area contributed by atoms with Crippen molar-refractivity contribution in [2.45, 2.75) is 25.6 Å². The second-order valence-corrected chi connectivity index (χ2v) is 2.90. The van der Waals surface area contributed by atoms with E-state index in [1.165, 1.54) is 0 Å². The summed E-state index contributed by atoms with van der Waals surface area (Å²) in [6, 6.07) is -0.546. The van der Waals surface area contributed by atoms with Crippen LogP contribution in [0.4, 0.5) is 4.39 Å². The average molecular weight is 161 g/mol. The largest absolute Gasteiger partial charge is 0.480 e. The van der Waals surface area contributed by atoms with Gasteiger partial charge in [-0.1, -0.05) is 0 Å². The van der Waals surface area contributed by atoms with Crippen molar-refractivity contribution < 1.29 is 14.3 Å². The molecular formula is C7H12FNO2. The van der Waals surface area contributed by atoms with Gasteiger partial charge in [0, 0.05) is 13.1 Å². The van der Waals surface area contributed by atoms with E-state index in [1.807, 2.05) is 0 Å². The van der Waals surface area contributed by atoms with E-state index < -0.39 is 18.2 Å². The minimum atomic E-state index is -0.876. The lowest BCUT2D eigenvalue weighted by molar-refractivity contribution is -0.142. The molecule has 0 aliphatic carbocycles. The van der Waals surface area contributed by atoms with Gasteiger partial charge in [-0.2, -0.15) is 0 Å². The minimum absolute atomic E-state index is 0.271. The number of aliphatic carboxylic acids is 1. The van der Waals surface area contributed by atoms with Gasteiger partial charge in [-0.3, -0.25) is 9.69 Å². The molecule has 0 unspecified atom stereocenters. The van der Waals surface area contributed by atoms with Gasteiger partial charge >= 0.3 is 5.97 Å². The molecule has 2 atom stereocenters. The highest BCUT2D eigenvalue weighted by Gasteiger charge is 2.28. The fourth-order valence-corrected chi connectivity index (χ4v) is 1.25. The number of hydrogen-bond acceptors (Lipinski definition) is 2. The summed E-state index contributed by atoms with van der Waals surface area (Å²) in [6.07, 6.45) is -0.366. The van der Waals surface area contributed by atoms with E-state index in [-0.39, 0.29) is 6.54 Å². The molecule has 1 aliphatic rings. The van der Waals surface area contributed by atoms with Crippen LogP contribution in [0.1, 0.15) is 13.3 Å². The summed E-state index contributed by atoms with van der Waals surface area (Å²) in [6.45, 7) is 2.42. The third-order valence-electron chi connectivity index (χ3n) is 2.07. The monoisotopic (exact) mass is 161 g/mol. The van der Waals surface area contributed by atoms with E-state index in [4.69, 9.17) is 5.11 Å². The van der Waals surface area contributed by atoms with Crippen molar-refractivity contribution in [3.05, 3.63) is 0 Å². The van der Waals surface area contributed by atoms with Crippen molar-refractivity contribution in [1.29, 1.82) is 0 Å². The third kappa shape index (κ3) is 1.89. The zero-order chi connectivity index (χ0) is 8.43. The first-order chi connectivity index (χ1) is 5.11. The Labute approximate surface area is 64.8 Å². The molecule has 1 aliphatic heterocycles. The van der Waals surface area contributed by atoms with Crippen LogP contribution in [0.2, 0.25) is 0 Å². The molecule has 0 saturated carbocycles. The Bertz CT molecular complexity index is 163. The molecule has 11 heavy (non-hydrogen) atoms. The number of alkyl halides is 1. The van der Waals surface area contributed by atoms with Crippen LogP contribution >= 0.6 is 0 Å². The summed E-state index contributed by atoms with van der Waals surface area (Å²) in [5.74, 6) is -0.876. The first kappa shape index (κ1) is 8.46. The number of rotatable bonds is 2. The van der Waals surface area contributed by atoms with Gasteiger partial charge < -0.3 is 5.11 Å². The van der Waals surface area contributed by atoms with Crippen LogP contribution in [0.15, 0.2) is 0 Å². The van der Waals surface area contributed by atoms with Crippen LogP contribution in [0.3, 0.4) is 0 Å². The predicted molar refractivity (Wildman–Crippen MR) is 38.2 cm³/mol. The summed E-state index contributed by atoms with van der Waals surface area (Å²) in [5, 5.41) is 8.56. The molecule has 1 saturated heterocycles. The number of nitrogens with zero attached hydrogens (tertiary/aromatic N) is 1. The molecular weight excluding hydrogens is 149 g/mol.